The molecule has 2 aromatic carbocycles. The van der Waals surface area contributed by atoms with E-state index in [1.165, 1.54) is 11.1 Å². The molecular formula is C17H22N2O. The molecule has 0 unspecified atom stereocenters. The van der Waals surface area contributed by atoms with Crippen molar-refractivity contribution >= 4 is 11.4 Å². The molecular weight excluding hydrogens is 248 g/mol. The van der Waals surface area contributed by atoms with Crippen LogP contribution in [0.2, 0.25) is 0 Å². The lowest BCUT2D eigenvalue weighted by atomic mass is 9.92. The molecule has 0 aliphatic rings. The smallest absolute Gasteiger partial charge is 0.0575 e. The molecule has 2 aromatic rings. The molecule has 0 aromatic heterocycles. The third-order valence-electron chi connectivity index (χ3n) is 3.31. The van der Waals surface area contributed by atoms with Gasteiger partial charge in [-0.2, -0.15) is 0 Å². The normalized spacial score (nSPS) is 10.9. The standard InChI is InChI=1S/C17H22N2O/c1-2-11-20-12-17(13-3-7-15(18)8-4-13)14-5-9-16(19)10-6-14/h3-10,17H,2,11-12,18-19H2,1H3. The van der Waals surface area contributed by atoms with Crippen LogP contribution in [-0.4, -0.2) is 13.2 Å². The summed E-state index contributed by atoms with van der Waals surface area (Å²) in [6.07, 6.45) is 1.02. The molecule has 0 heterocycles. The molecule has 0 radical (unpaired) electrons. The van der Waals surface area contributed by atoms with Crippen LogP contribution in [-0.2, 0) is 4.74 Å². The molecule has 0 fully saturated rings. The second kappa shape index (κ2) is 6.96. The Kier molecular flexibility index (Phi) is 5.02. The molecule has 0 saturated carbocycles. The highest BCUT2D eigenvalue weighted by Gasteiger charge is 2.14. The number of anilines is 2. The summed E-state index contributed by atoms with van der Waals surface area (Å²) in [7, 11) is 0. The first-order valence-electron chi connectivity index (χ1n) is 6.99. The van der Waals surface area contributed by atoms with Crippen molar-refractivity contribution in [2.24, 2.45) is 0 Å². The summed E-state index contributed by atoms with van der Waals surface area (Å²) in [4.78, 5) is 0. The van der Waals surface area contributed by atoms with Crippen LogP contribution in [0.15, 0.2) is 48.5 Å². The maximum Gasteiger partial charge on any atom is 0.0575 e. The molecule has 0 bridgehead atoms. The topological polar surface area (TPSA) is 61.3 Å². The van der Waals surface area contributed by atoms with Crippen LogP contribution in [0.5, 0.6) is 0 Å². The summed E-state index contributed by atoms with van der Waals surface area (Å²) in [5, 5.41) is 0. The molecule has 2 rings (SSSR count). The molecule has 0 saturated heterocycles. The van der Waals surface area contributed by atoms with Gasteiger partial charge in [-0.1, -0.05) is 31.2 Å². The van der Waals surface area contributed by atoms with Gasteiger partial charge in [0.2, 0.25) is 0 Å². The Morgan fingerprint density at radius 1 is 0.850 bits per heavy atom. The Morgan fingerprint density at radius 2 is 1.30 bits per heavy atom. The van der Waals surface area contributed by atoms with Gasteiger partial charge in [0, 0.05) is 23.9 Å². The quantitative estimate of drug-likeness (QED) is 0.624. The van der Waals surface area contributed by atoms with E-state index in [4.69, 9.17) is 16.2 Å². The van der Waals surface area contributed by atoms with Gasteiger partial charge in [0.25, 0.3) is 0 Å². The van der Waals surface area contributed by atoms with Crippen molar-refractivity contribution in [1.29, 1.82) is 0 Å². The van der Waals surface area contributed by atoms with E-state index in [9.17, 15) is 0 Å². The first-order chi connectivity index (χ1) is 9.70. The number of hydrogen-bond donors (Lipinski definition) is 2. The number of nitrogens with two attached hydrogens (primary N) is 2. The molecule has 0 aliphatic heterocycles. The fourth-order valence-corrected chi connectivity index (χ4v) is 2.19. The highest BCUT2D eigenvalue weighted by molar-refractivity contribution is 5.45. The molecule has 3 nitrogen and oxygen atoms in total. The van der Waals surface area contributed by atoms with Crippen molar-refractivity contribution in [3.05, 3.63) is 59.7 Å². The Bertz CT molecular complexity index is 474. The van der Waals surface area contributed by atoms with Crippen LogP contribution in [0.4, 0.5) is 11.4 Å². The van der Waals surface area contributed by atoms with Crippen molar-refractivity contribution < 1.29 is 4.74 Å². The first-order valence-corrected chi connectivity index (χ1v) is 6.99. The molecule has 3 heteroatoms. The fourth-order valence-electron chi connectivity index (χ4n) is 2.19. The lowest BCUT2D eigenvalue weighted by molar-refractivity contribution is 0.128. The molecule has 4 N–H and O–H groups in total. The summed E-state index contributed by atoms with van der Waals surface area (Å²) in [5.41, 5.74) is 15.5. The predicted octanol–water partition coefficient (Wildman–Crippen LogP) is 3.41. The van der Waals surface area contributed by atoms with Crippen molar-refractivity contribution in [2.45, 2.75) is 19.3 Å². The van der Waals surface area contributed by atoms with E-state index < -0.39 is 0 Å². The Balaban J connectivity index is 2.23. The van der Waals surface area contributed by atoms with Gasteiger partial charge in [-0.3, -0.25) is 0 Å². The zero-order chi connectivity index (χ0) is 14.4. The summed E-state index contributed by atoms with van der Waals surface area (Å²) in [6, 6.07) is 16.0. The maximum atomic E-state index is 5.76. The minimum absolute atomic E-state index is 0.211. The highest BCUT2D eigenvalue weighted by Crippen LogP contribution is 2.26. The zero-order valence-corrected chi connectivity index (χ0v) is 11.9. The van der Waals surface area contributed by atoms with E-state index >= 15 is 0 Å². The van der Waals surface area contributed by atoms with Crippen molar-refractivity contribution in [3.63, 3.8) is 0 Å². The number of ether oxygens (including phenoxy) is 1. The van der Waals surface area contributed by atoms with Gasteiger partial charge >= 0.3 is 0 Å². The van der Waals surface area contributed by atoms with E-state index in [0.717, 1.165) is 24.4 Å². The van der Waals surface area contributed by atoms with Gasteiger partial charge in [0.05, 0.1) is 6.61 Å². The van der Waals surface area contributed by atoms with Crippen LogP contribution < -0.4 is 11.5 Å². The maximum absolute atomic E-state index is 5.76. The molecule has 0 spiro atoms. The van der Waals surface area contributed by atoms with E-state index in [1.54, 1.807) is 0 Å². The highest BCUT2D eigenvalue weighted by atomic mass is 16.5. The third-order valence-corrected chi connectivity index (χ3v) is 3.31. The fraction of sp³-hybridized carbons (Fsp3) is 0.294. The van der Waals surface area contributed by atoms with E-state index in [0.29, 0.717) is 6.61 Å². The van der Waals surface area contributed by atoms with Crippen LogP contribution in [0.25, 0.3) is 0 Å². The average molecular weight is 270 g/mol. The lowest BCUT2D eigenvalue weighted by Crippen LogP contribution is -2.10. The van der Waals surface area contributed by atoms with E-state index in [-0.39, 0.29) is 5.92 Å². The molecule has 0 aliphatic carbocycles. The van der Waals surface area contributed by atoms with Crippen molar-refractivity contribution in [3.8, 4) is 0 Å². The first kappa shape index (κ1) is 14.4. The lowest BCUT2D eigenvalue weighted by Gasteiger charge is -2.18. The van der Waals surface area contributed by atoms with Crippen LogP contribution in [0.3, 0.4) is 0 Å². The van der Waals surface area contributed by atoms with E-state index in [1.807, 2.05) is 24.3 Å². The summed E-state index contributed by atoms with van der Waals surface area (Å²) >= 11 is 0. The van der Waals surface area contributed by atoms with Crippen LogP contribution >= 0.6 is 0 Å². The van der Waals surface area contributed by atoms with E-state index in [2.05, 4.69) is 31.2 Å². The summed E-state index contributed by atoms with van der Waals surface area (Å²) < 4.78 is 5.75. The average Bonchev–Trinajstić information content (AvgIpc) is 2.46. The zero-order valence-electron chi connectivity index (χ0n) is 11.9. The van der Waals surface area contributed by atoms with Gasteiger partial charge < -0.3 is 16.2 Å². The van der Waals surface area contributed by atoms with Crippen molar-refractivity contribution in [2.75, 3.05) is 24.7 Å². The Hall–Kier alpha value is -2.00. The monoisotopic (exact) mass is 270 g/mol. The second-order valence-corrected chi connectivity index (χ2v) is 4.96. The number of benzene rings is 2. The van der Waals surface area contributed by atoms with Gasteiger partial charge in [0.1, 0.15) is 0 Å². The SMILES string of the molecule is CCCOCC(c1ccc(N)cc1)c1ccc(N)cc1. The van der Waals surface area contributed by atoms with Crippen LogP contribution in [0, 0.1) is 0 Å². The van der Waals surface area contributed by atoms with Gasteiger partial charge in [-0.15, -0.1) is 0 Å². The van der Waals surface area contributed by atoms with Crippen molar-refractivity contribution in [1.82, 2.24) is 0 Å². The number of nitrogen functional groups attached to an aromatic ring is 2. The number of rotatable bonds is 6. The molecule has 0 amide bonds. The Morgan fingerprint density at radius 3 is 1.70 bits per heavy atom. The van der Waals surface area contributed by atoms with Gasteiger partial charge in [-0.25, -0.2) is 0 Å². The number of hydrogen-bond acceptors (Lipinski definition) is 3. The minimum atomic E-state index is 0.211. The van der Waals surface area contributed by atoms with Gasteiger partial charge in [-0.05, 0) is 41.8 Å². The van der Waals surface area contributed by atoms with Crippen LogP contribution in [0.1, 0.15) is 30.4 Å². The predicted molar refractivity (Wildman–Crippen MR) is 84.7 cm³/mol. The summed E-state index contributed by atoms with van der Waals surface area (Å²) in [6.45, 7) is 3.56. The largest absolute Gasteiger partial charge is 0.399 e. The molecule has 0 atom stereocenters. The third kappa shape index (κ3) is 3.75. The summed E-state index contributed by atoms with van der Waals surface area (Å²) in [5.74, 6) is 0.211. The second-order valence-electron chi connectivity index (χ2n) is 4.96. The van der Waals surface area contributed by atoms with Gasteiger partial charge in [0.15, 0.2) is 0 Å². The molecule has 106 valence electrons. The Labute approximate surface area is 120 Å². The minimum Gasteiger partial charge on any atom is -0.399 e. The molecule has 20 heavy (non-hydrogen) atoms.